The fourth-order valence-electron chi connectivity index (χ4n) is 1.84. The van der Waals surface area contributed by atoms with E-state index in [1.807, 2.05) is 56.9 Å². The summed E-state index contributed by atoms with van der Waals surface area (Å²) in [6.07, 6.45) is 0. The monoisotopic (exact) mass is 234 g/mol. The minimum atomic E-state index is -0.184. The molecule has 0 bridgehead atoms. The van der Waals surface area contributed by atoms with Gasteiger partial charge >= 0.3 is 0 Å². The van der Waals surface area contributed by atoms with Gasteiger partial charge < -0.3 is 10.2 Å². The van der Waals surface area contributed by atoms with E-state index in [-0.39, 0.29) is 11.9 Å². The van der Waals surface area contributed by atoms with Crippen LogP contribution in [0.3, 0.4) is 0 Å². The molecule has 1 N–H and O–H groups in total. The van der Waals surface area contributed by atoms with Crippen LogP contribution in [0.5, 0.6) is 0 Å². The molecule has 0 aliphatic heterocycles. The molecule has 0 saturated heterocycles. The van der Waals surface area contributed by atoms with Crippen molar-refractivity contribution >= 4 is 11.6 Å². The number of para-hydroxylation sites is 1. The van der Waals surface area contributed by atoms with Crippen LogP contribution in [0.2, 0.25) is 0 Å². The molecule has 0 aliphatic carbocycles. The van der Waals surface area contributed by atoms with Gasteiger partial charge in [0.15, 0.2) is 0 Å². The molecule has 1 rings (SSSR count). The zero-order chi connectivity index (χ0) is 12.8. The van der Waals surface area contributed by atoms with Crippen molar-refractivity contribution in [2.75, 3.05) is 18.4 Å². The summed E-state index contributed by atoms with van der Waals surface area (Å²) in [6, 6.07) is 7.83. The summed E-state index contributed by atoms with van der Waals surface area (Å²) in [4.78, 5) is 13.9. The fourth-order valence-corrected chi connectivity index (χ4v) is 1.84. The second-order valence-corrected chi connectivity index (χ2v) is 4.19. The normalized spacial score (nSPS) is 12.0. The quantitative estimate of drug-likeness (QED) is 0.849. The maximum atomic E-state index is 12.1. The number of amides is 1. The fraction of sp³-hybridized carbons (Fsp3) is 0.500. The molecular weight excluding hydrogens is 212 g/mol. The van der Waals surface area contributed by atoms with Gasteiger partial charge in [0, 0.05) is 18.8 Å². The molecule has 0 aliphatic rings. The van der Waals surface area contributed by atoms with Gasteiger partial charge in [-0.25, -0.2) is 0 Å². The second kappa shape index (κ2) is 6.28. The van der Waals surface area contributed by atoms with Crippen LogP contribution < -0.4 is 5.32 Å². The van der Waals surface area contributed by atoms with Crippen molar-refractivity contribution in [3.05, 3.63) is 29.8 Å². The number of nitrogens with zero attached hydrogens (tertiary/aromatic N) is 1. The second-order valence-electron chi connectivity index (χ2n) is 4.19. The largest absolute Gasteiger partial charge is 0.374 e. The lowest BCUT2D eigenvalue weighted by molar-refractivity contribution is -0.131. The predicted molar refractivity (Wildman–Crippen MR) is 72.2 cm³/mol. The smallest absolute Gasteiger partial charge is 0.244 e. The summed E-state index contributed by atoms with van der Waals surface area (Å²) in [5.41, 5.74) is 2.19. The third-order valence-electron chi connectivity index (χ3n) is 2.96. The average molecular weight is 234 g/mol. The molecule has 0 spiro atoms. The number of carbonyl (C=O) groups excluding carboxylic acids is 1. The van der Waals surface area contributed by atoms with Gasteiger partial charge in [-0.05, 0) is 39.3 Å². The van der Waals surface area contributed by atoms with Crippen LogP contribution in [0.15, 0.2) is 24.3 Å². The number of aryl methyl sites for hydroxylation is 1. The average Bonchev–Trinajstić information content (AvgIpc) is 2.33. The Bertz CT molecular complexity index is 372. The predicted octanol–water partition coefficient (Wildman–Crippen LogP) is 2.66. The van der Waals surface area contributed by atoms with E-state index in [1.54, 1.807) is 0 Å². The molecule has 17 heavy (non-hydrogen) atoms. The number of benzene rings is 1. The maximum absolute atomic E-state index is 12.1. The first kappa shape index (κ1) is 13.6. The van der Waals surface area contributed by atoms with Crippen LogP contribution in [0.4, 0.5) is 5.69 Å². The van der Waals surface area contributed by atoms with Crippen molar-refractivity contribution in [1.82, 2.24) is 4.90 Å². The van der Waals surface area contributed by atoms with E-state index in [0.29, 0.717) is 0 Å². The molecular formula is C14H22N2O. The highest BCUT2D eigenvalue weighted by Gasteiger charge is 2.17. The number of anilines is 1. The maximum Gasteiger partial charge on any atom is 0.244 e. The van der Waals surface area contributed by atoms with Crippen molar-refractivity contribution in [3.63, 3.8) is 0 Å². The van der Waals surface area contributed by atoms with E-state index in [9.17, 15) is 4.79 Å². The molecule has 1 unspecified atom stereocenters. The third kappa shape index (κ3) is 3.48. The van der Waals surface area contributed by atoms with E-state index in [0.717, 1.165) is 24.3 Å². The Kier molecular flexibility index (Phi) is 5.01. The van der Waals surface area contributed by atoms with E-state index in [2.05, 4.69) is 5.32 Å². The minimum Gasteiger partial charge on any atom is -0.374 e. The molecule has 94 valence electrons. The van der Waals surface area contributed by atoms with Gasteiger partial charge in [-0.3, -0.25) is 4.79 Å². The highest BCUT2D eigenvalue weighted by Crippen LogP contribution is 2.14. The van der Waals surface area contributed by atoms with E-state index >= 15 is 0 Å². The minimum absolute atomic E-state index is 0.151. The highest BCUT2D eigenvalue weighted by atomic mass is 16.2. The van der Waals surface area contributed by atoms with Crippen molar-refractivity contribution in [2.24, 2.45) is 0 Å². The summed E-state index contributed by atoms with van der Waals surface area (Å²) in [6.45, 7) is 9.47. The van der Waals surface area contributed by atoms with Gasteiger partial charge in [-0.2, -0.15) is 0 Å². The van der Waals surface area contributed by atoms with Crippen LogP contribution >= 0.6 is 0 Å². The molecule has 1 amide bonds. The molecule has 3 nitrogen and oxygen atoms in total. The number of nitrogens with one attached hydrogen (secondary N) is 1. The van der Waals surface area contributed by atoms with Gasteiger partial charge in [0.25, 0.3) is 0 Å². The molecule has 1 aromatic carbocycles. The molecule has 3 heteroatoms. The molecule has 0 fully saturated rings. The number of rotatable bonds is 5. The molecule has 1 aromatic rings. The molecule has 0 aromatic heterocycles. The topological polar surface area (TPSA) is 32.3 Å². The van der Waals surface area contributed by atoms with Gasteiger partial charge in [-0.15, -0.1) is 0 Å². The Morgan fingerprint density at radius 2 is 1.88 bits per heavy atom. The lowest BCUT2D eigenvalue weighted by atomic mass is 10.1. The summed E-state index contributed by atoms with van der Waals surface area (Å²) in [5, 5.41) is 3.27. The van der Waals surface area contributed by atoms with Crippen molar-refractivity contribution < 1.29 is 4.79 Å². The Labute approximate surface area is 104 Å². The van der Waals surface area contributed by atoms with Crippen LogP contribution in [0.25, 0.3) is 0 Å². The Morgan fingerprint density at radius 1 is 1.29 bits per heavy atom. The zero-order valence-electron chi connectivity index (χ0n) is 11.2. The lowest BCUT2D eigenvalue weighted by Gasteiger charge is -2.24. The van der Waals surface area contributed by atoms with Crippen LogP contribution in [0.1, 0.15) is 26.3 Å². The molecule has 0 saturated carbocycles. The summed E-state index contributed by atoms with van der Waals surface area (Å²) in [7, 11) is 0. The zero-order valence-corrected chi connectivity index (χ0v) is 11.2. The van der Waals surface area contributed by atoms with Gasteiger partial charge in [0.05, 0.1) is 0 Å². The highest BCUT2D eigenvalue weighted by molar-refractivity contribution is 5.84. The first-order valence-corrected chi connectivity index (χ1v) is 6.21. The van der Waals surface area contributed by atoms with E-state index < -0.39 is 0 Å². The Hall–Kier alpha value is -1.51. The number of hydrogen-bond donors (Lipinski definition) is 1. The Morgan fingerprint density at radius 3 is 2.41 bits per heavy atom. The molecule has 0 heterocycles. The first-order chi connectivity index (χ1) is 8.10. The van der Waals surface area contributed by atoms with Crippen molar-refractivity contribution in [2.45, 2.75) is 33.7 Å². The molecule has 0 radical (unpaired) electrons. The summed E-state index contributed by atoms with van der Waals surface area (Å²) < 4.78 is 0. The van der Waals surface area contributed by atoms with Crippen molar-refractivity contribution in [3.8, 4) is 0 Å². The van der Waals surface area contributed by atoms with E-state index in [1.165, 1.54) is 0 Å². The van der Waals surface area contributed by atoms with E-state index in [4.69, 9.17) is 0 Å². The number of likely N-dealkylation sites (N-methyl/N-ethyl adjacent to an activating group) is 1. The van der Waals surface area contributed by atoms with Gasteiger partial charge in [0.2, 0.25) is 5.91 Å². The Balaban J connectivity index is 2.69. The lowest BCUT2D eigenvalue weighted by Crippen LogP contribution is -2.41. The summed E-state index contributed by atoms with van der Waals surface area (Å²) >= 11 is 0. The number of hydrogen-bond acceptors (Lipinski definition) is 2. The number of carbonyl (C=O) groups is 1. The van der Waals surface area contributed by atoms with Crippen LogP contribution in [-0.2, 0) is 4.79 Å². The summed E-state index contributed by atoms with van der Waals surface area (Å²) in [5.74, 6) is 0.151. The van der Waals surface area contributed by atoms with Crippen LogP contribution in [-0.4, -0.2) is 29.9 Å². The van der Waals surface area contributed by atoms with Gasteiger partial charge in [-0.1, -0.05) is 18.2 Å². The SMILES string of the molecule is CCN(CC)C(=O)C(C)Nc1ccccc1C. The standard InChI is InChI=1S/C14H22N2O/c1-5-16(6-2)14(17)12(4)15-13-10-8-7-9-11(13)3/h7-10,12,15H,5-6H2,1-4H3. The first-order valence-electron chi connectivity index (χ1n) is 6.21. The van der Waals surface area contributed by atoms with Gasteiger partial charge in [0.1, 0.15) is 6.04 Å². The molecule has 1 atom stereocenters. The third-order valence-corrected chi connectivity index (χ3v) is 2.96. The van der Waals surface area contributed by atoms with Crippen molar-refractivity contribution in [1.29, 1.82) is 0 Å². The van der Waals surface area contributed by atoms with Crippen LogP contribution in [0, 0.1) is 6.92 Å².